The molecule has 0 radical (unpaired) electrons. The van der Waals surface area contributed by atoms with Crippen molar-refractivity contribution in [3.63, 3.8) is 0 Å². The molecule has 4 nitrogen and oxygen atoms in total. The van der Waals surface area contributed by atoms with Gasteiger partial charge < -0.3 is 10.6 Å². The minimum absolute atomic E-state index is 0.424. The first-order valence-electron chi connectivity index (χ1n) is 8.63. The molecule has 116 valence electrons. The van der Waals surface area contributed by atoms with Gasteiger partial charge in [-0.3, -0.25) is 0 Å². The average molecular weight is 288 g/mol. The maximum Gasteiger partial charge on any atom is 0.225 e. The summed E-state index contributed by atoms with van der Waals surface area (Å²) in [5, 5.41) is 0. The third kappa shape index (κ3) is 3.20. The average Bonchev–Trinajstić information content (AvgIpc) is 2.54. The highest BCUT2D eigenvalue weighted by Crippen LogP contribution is 2.29. The van der Waals surface area contributed by atoms with Gasteiger partial charge in [0.05, 0.1) is 0 Å². The van der Waals surface area contributed by atoms with Crippen LogP contribution < -0.4 is 10.6 Å². The van der Waals surface area contributed by atoms with E-state index in [0.29, 0.717) is 12.6 Å². The zero-order valence-electron chi connectivity index (χ0n) is 13.2. The van der Waals surface area contributed by atoms with E-state index in [1.165, 1.54) is 56.2 Å². The molecule has 2 aliphatic rings. The van der Waals surface area contributed by atoms with Gasteiger partial charge >= 0.3 is 0 Å². The number of nitrogens with zero attached hydrogens (tertiary/aromatic N) is 3. The maximum absolute atomic E-state index is 5.92. The van der Waals surface area contributed by atoms with Crippen molar-refractivity contribution in [2.45, 2.75) is 64.3 Å². The number of rotatable bonds is 4. The molecular weight excluding hydrogens is 260 g/mol. The number of anilines is 1. The van der Waals surface area contributed by atoms with Gasteiger partial charge in [0, 0.05) is 31.0 Å². The molecule has 1 aliphatic heterocycles. The zero-order chi connectivity index (χ0) is 14.7. The van der Waals surface area contributed by atoms with Gasteiger partial charge in [-0.05, 0) is 50.0 Å². The van der Waals surface area contributed by atoms with Gasteiger partial charge in [0.15, 0.2) is 0 Å². The zero-order valence-corrected chi connectivity index (χ0v) is 13.2. The van der Waals surface area contributed by atoms with Gasteiger partial charge in [0.1, 0.15) is 0 Å². The van der Waals surface area contributed by atoms with E-state index in [4.69, 9.17) is 10.7 Å². The van der Waals surface area contributed by atoms with Gasteiger partial charge in [-0.2, -0.15) is 0 Å². The van der Waals surface area contributed by atoms with Crippen molar-refractivity contribution in [2.75, 3.05) is 18.0 Å². The molecule has 2 heterocycles. The molecule has 1 aromatic rings. The van der Waals surface area contributed by atoms with Crippen LogP contribution in [0.15, 0.2) is 6.20 Å². The third-order valence-corrected chi connectivity index (χ3v) is 5.09. The summed E-state index contributed by atoms with van der Waals surface area (Å²) in [6, 6.07) is 0.424. The molecule has 1 fully saturated rings. The SMILES string of the molecule is CCCC1CCc2nc(N3CCCCC3CN)ncc2C1. The first-order chi connectivity index (χ1) is 10.3. The second-order valence-electron chi connectivity index (χ2n) is 6.62. The number of aromatic nitrogens is 2. The lowest BCUT2D eigenvalue weighted by atomic mass is 9.85. The van der Waals surface area contributed by atoms with E-state index in [9.17, 15) is 0 Å². The van der Waals surface area contributed by atoms with Gasteiger partial charge in [-0.25, -0.2) is 9.97 Å². The van der Waals surface area contributed by atoms with Crippen molar-refractivity contribution in [2.24, 2.45) is 11.7 Å². The minimum atomic E-state index is 0.424. The second kappa shape index (κ2) is 6.73. The largest absolute Gasteiger partial charge is 0.337 e. The summed E-state index contributed by atoms with van der Waals surface area (Å²) in [7, 11) is 0. The Kier molecular flexibility index (Phi) is 4.73. The Labute approximate surface area is 128 Å². The van der Waals surface area contributed by atoms with E-state index >= 15 is 0 Å². The smallest absolute Gasteiger partial charge is 0.225 e. The Balaban J connectivity index is 1.77. The molecule has 4 heteroatoms. The Morgan fingerprint density at radius 3 is 3.05 bits per heavy atom. The highest BCUT2D eigenvalue weighted by Gasteiger charge is 2.25. The van der Waals surface area contributed by atoms with Crippen molar-refractivity contribution in [3.05, 3.63) is 17.5 Å². The van der Waals surface area contributed by atoms with Crippen LogP contribution in [0.3, 0.4) is 0 Å². The first kappa shape index (κ1) is 14.8. The summed E-state index contributed by atoms with van der Waals surface area (Å²) in [4.78, 5) is 11.9. The highest BCUT2D eigenvalue weighted by atomic mass is 15.3. The molecule has 0 bridgehead atoms. The number of fused-ring (bicyclic) bond motifs is 1. The lowest BCUT2D eigenvalue weighted by Gasteiger charge is -2.35. The number of hydrogen-bond acceptors (Lipinski definition) is 4. The topological polar surface area (TPSA) is 55.0 Å². The molecule has 0 saturated carbocycles. The summed E-state index contributed by atoms with van der Waals surface area (Å²) in [6.45, 7) is 4.04. The number of piperidine rings is 1. The summed E-state index contributed by atoms with van der Waals surface area (Å²) in [5.74, 6) is 1.75. The minimum Gasteiger partial charge on any atom is -0.337 e. The van der Waals surface area contributed by atoms with Crippen molar-refractivity contribution >= 4 is 5.95 Å². The number of aryl methyl sites for hydroxylation is 1. The summed E-state index contributed by atoms with van der Waals surface area (Å²) in [5.41, 5.74) is 8.59. The van der Waals surface area contributed by atoms with Crippen LogP contribution in [-0.4, -0.2) is 29.1 Å². The van der Waals surface area contributed by atoms with E-state index in [2.05, 4.69) is 23.0 Å². The molecule has 21 heavy (non-hydrogen) atoms. The molecule has 0 amide bonds. The van der Waals surface area contributed by atoms with Crippen LogP contribution in [0.5, 0.6) is 0 Å². The second-order valence-corrected chi connectivity index (χ2v) is 6.62. The maximum atomic E-state index is 5.92. The third-order valence-electron chi connectivity index (χ3n) is 5.09. The lowest BCUT2D eigenvalue weighted by Crippen LogP contribution is -2.45. The van der Waals surface area contributed by atoms with Gasteiger partial charge in [0.25, 0.3) is 0 Å². The molecule has 1 aliphatic carbocycles. The van der Waals surface area contributed by atoms with Crippen LogP contribution >= 0.6 is 0 Å². The molecule has 0 spiro atoms. The molecule has 3 rings (SSSR count). The van der Waals surface area contributed by atoms with Gasteiger partial charge in [-0.15, -0.1) is 0 Å². The van der Waals surface area contributed by atoms with E-state index in [-0.39, 0.29) is 0 Å². The predicted molar refractivity (Wildman–Crippen MR) is 86.5 cm³/mol. The van der Waals surface area contributed by atoms with Crippen molar-refractivity contribution in [1.29, 1.82) is 0 Å². The van der Waals surface area contributed by atoms with Crippen molar-refractivity contribution < 1.29 is 0 Å². The number of hydrogen-bond donors (Lipinski definition) is 1. The van der Waals surface area contributed by atoms with Crippen LogP contribution in [0, 0.1) is 5.92 Å². The van der Waals surface area contributed by atoms with Gasteiger partial charge in [0.2, 0.25) is 5.95 Å². The Hall–Kier alpha value is -1.16. The molecular formula is C17H28N4. The molecule has 2 unspecified atom stereocenters. The molecule has 0 aromatic carbocycles. The fourth-order valence-electron chi connectivity index (χ4n) is 3.87. The molecule has 2 N–H and O–H groups in total. The Morgan fingerprint density at radius 1 is 1.33 bits per heavy atom. The molecule has 1 saturated heterocycles. The van der Waals surface area contributed by atoms with Crippen molar-refractivity contribution in [1.82, 2.24) is 9.97 Å². The monoisotopic (exact) mass is 288 g/mol. The Morgan fingerprint density at radius 2 is 2.24 bits per heavy atom. The molecule has 1 aromatic heterocycles. The van der Waals surface area contributed by atoms with Crippen LogP contribution in [-0.2, 0) is 12.8 Å². The summed E-state index contributed by atoms with van der Waals surface area (Å²) < 4.78 is 0. The van der Waals surface area contributed by atoms with E-state index < -0.39 is 0 Å². The van der Waals surface area contributed by atoms with E-state index in [1.54, 1.807) is 0 Å². The lowest BCUT2D eigenvalue weighted by molar-refractivity contribution is 0.415. The highest BCUT2D eigenvalue weighted by molar-refractivity contribution is 5.36. The number of nitrogens with two attached hydrogens (primary N) is 1. The molecule has 2 atom stereocenters. The summed E-state index contributed by atoms with van der Waals surface area (Å²) >= 11 is 0. The predicted octanol–water partition coefficient (Wildman–Crippen LogP) is 2.70. The Bertz CT molecular complexity index is 474. The quantitative estimate of drug-likeness (QED) is 0.925. The normalized spacial score (nSPS) is 25.7. The standard InChI is InChI=1S/C17H28N4/c1-2-5-13-7-8-16-14(10-13)12-19-17(20-16)21-9-4-3-6-15(21)11-18/h12-13,15H,2-11,18H2,1H3. The van der Waals surface area contributed by atoms with Crippen molar-refractivity contribution in [3.8, 4) is 0 Å². The van der Waals surface area contributed by atoms with Crippen LogP contribution in [0.25, 0.3) is 0 Å². The fourth-order valence-corrected chi connectivity index (χ4v) is 3.87. The summed E-state index contributed by atoms with van der Waals surface area (Å²) in [6.07, 6.45) is 12.0. The van der Waals surface area contributed by atoms with Crippen LogP contribution in [0.2, 0.25) is 0 Å². The van der Waals surface area contributed by atoms with Gasteiger partial charge in [-0.1, -0.05) is 19.8 Å². The first-order valence-corrected chi connectivity index (χ1v) is 8.63. The fraction of sp³-hybridized carbons (Fsp3) is 0.765. The van der Waals surface area contributed by atoms with E-state index in [0.717, 1.165) is 24.8 Å². The van der Waals surface area contributed by atoms with Crippen LogP contribution in [0.4, 0.5) is 5.95 Å². The van der Waals surface area contributed by atoms with Crippen LogP contribution in [0.1, 0.15) is 56.7 Å². The van der Waals surface area contributed by atoms with E-state index in [1.807, 2.05) is 0 Å².